The van der Waals surface area contributed by atoms with Gasteiger partial charge in [0, 0.05) is 58.2 Å². The molecular formula is C20H36N4O3. The molecule has 0 aromatic rings. The molecule has 0 aromatic carbocycles. The van der Waals surface area contributed by atoms with Crippen LogP contribution in [0, 0.1) is 5.41 Å². The Bertz CT molecular complexity index is 529. The molecule has 3 heterocycles. The molecule has 2 amide bonds. The fourth-order valence-corrected chi connectivity index (χ4v) is 4.81. The number of hydrogen-bond donors (Lipinski definition) is 0. The van der Waals surface area contributed by atoms with E-state index in [4.69, 9.17) is 4.74 Å². The SMILES string of the molecule is COCCN1CC2(CCCN(C(=O)CN3CCCN(C)CC3)C2)CCC1=O. The third-order valence-electron chi connectivity index (χ3n) is 6.50. The number of carbonyl (C=O) groups excluding carboxylic acids is 2. The third kappa shape index (κ3) is 5.42. The molecule has 0 radical (unpaired) electrons. The zero-order chi connectivity index (χ0) is 19.3. The van der Waals surface area contributed by atoms with Crippen molar-refractivity contribution in [2.75, 3.05) is 79.7 Å². The number of carbonyl (C=O) groups is 2. The Morgan fingerprint density at radius 1 is 1.07 bits per heavy atom. The van der Waals surface area contributed by atoms with Crippen LogP contribution in [0.2, 0.25) is 0 Å². The summed E-state index contributed by atoms with van der Waals surface area (Å²) < 4.78 is 5.16. The van der Waals surface area contributed by atoms with E-state index >= 15 is 0 Å². The van der Waals surface area contributed by atoms with Crippen molar-refractivity contribution < 1.29 is 14.3 Å². The fraction of sp³-hybridized carbons (Fsp3) is 0.900. The Balaban J connectivity index is 1.56. The van der Waals surface area contributed by atoms with Crippen LogP contribution < -0.4 is 0 Å². The highest BCUT2D eigenvalue weighted by Crippen LogP contribution is 2.38. The van der Waals surface area contributed by atoms with Crippen LogP contribution in [0.3, 0.4) is 0 Å². The molecule has 3 rings (SSSR count). The number of nitrogens with zero attached hydrogens (tertiary/aromatic N) is 4. The molecular weight excluding hydrogens is 344 g/mol. The second-order valence-electron chi connectivity index (χ2n) is 8.66. The lowest BCUT2D eigenvalue weighted by atomic mass is 9.73. The number of amides is 2. The number of ether oxygens (including phenoxy) is 1. The Labute approximate surface area is 163 Å². The monoisotopic (exact) mass is 380 g/mol. The Morgan fingerprint density at radius 2 is 1.93 bits per heavy atom. The molecule has 7 nitrogen and oxygen atoms in total. The summed E-state index contributed by atoms with van der Waals surface area (Å²) in [6.07, 6.45) is 4.80. The van der Waals surface area contributed by atoms with Crippen LogP contribution in [-0.2, 0) is 14.3 Å². The molecule has 3 aliphatic rings. The summed E-state index contributed by atoms with van der Waals surface area (Å²) in [6, 6.07) is 0. The van der Waals surface area contributed by atoms with Crippen LogP contribution in [0.25, 0.3) is 0 Å². The van der Waals surface area contributed by atoms with Crippen LogP contribution in [0.4, 0.5) is 0 Å². The summed E-state index contributed by atoms with van der Waals surface area (Å²) in [5.74, 6) is 0.494. The average molecular weight is 381 g/mol. The van der Waals surface area contributed by atoms with Crippen molar-refractivity contribution in [3.8, 4) is 0 Å². The maximum absolute atomic E-state index is 13.0. The lowest BCUT2D eigenvalue weighted by Crippen LogP contribution is -2.56. The lowest BCUT2D eigenvalue weighted by Gasteiger charge is -2.48. The third-order valence-corrected chi connectivity index (χ3v) is 6.50. The van der Waals surface area contributed by atoms with E-state index in [9.17, 15) is 9.59 Å². The van der Waals surface area contributed by atoms with Gasteiger partial charge in [-0.25, -0.2) is 0 Å². The van der Waals surface area contributed by atoms with Crippen LogP contribution in [0.1, 0.15) is 32.1 Å². The molecule has 0 saturated carbocycles. The Hall–Kier alpha value is -1.18. The van der Waals surface area contributed by atoms with E-state index in [0.29, 0.717) is 26.1 Å². The molecule has 0 N–H and O–H groups in total. The van der Waals surface area contributed by atoms with Gasteiger partial charge in [-0.05, 0) is 45.8 Å². The first kappa shape index (κ1) is 20.6. The van der Waals surface area contributed by atoms with E-state index in [-0.39, 0.29) is 17.2 Å². The molecule has 3 saturated heterocycles. The summed E-state index contributed by atoms with van der Waals surface area (Å²) in [7, 11) is 3.82. The zero-order valence-electron chi connectivity index (χ0n) is 17.1. The van der Waals surface area contributed by atoms with Crippen molar-refractivity contribution in [1.29, 1.82) is 0 Å². The van der Waals surface area contributed by atoms with Gasteiger partial charge in [0.25, 0.3) is 0 Å². The normalized spacial score (nSPS) is 28.6. The van der Waals surface area contributed by atoms with E-state index in [1.807, 2.05) is 4.90 Å². The molecule has 1 unspecified atom stereocenters. The van der Waals surface area contributed by atoms with Gasteiger partial charge in [0.1, 0.15) is 0 Å². The van der Waals surface area contributed by atoms with Gasteiger partial charge >= 0.3 is 0 Å². The largest absolute Gasteiger partial charge is 0.383 e. The van der Waals surface area contributed by atoms with E-state index in [1.165, 1.54) is 0 Å². The smallest absolute Gasteiger partial charge is 0.236 e. The van der Waals surface area contributed by atoms with Crippen molar-refractivity contribution in [3.05, 3.63) is 0 Å². The average Bonchev–Trinajstić information content (AvgIpc) is 2.87. The summed E-state index contributed by atoms with van der Waals surface area (Å²) in [6.45, 7) is 8.34. The van der Waals surface area contributed by atoms with E-state index < -0.39 is 0 Å². The predicted octanol–water partition coefficient (Wildman–Crippen LogP) is 0.502. The molecule has 27 heavy (non-hydrogen) atoms. The molecule has 154 valence electrons. The van der Waals surface area contributed by atoms with Crippen molar-refractivity contribution in [1.82, 2.24) is 19.6 Å². The number of piperidine rings is 2. The van der Waals surface area contributed by atoms with Gasteiger partial charge < -0.3 is 19.4 Å². The molecule has 0 aromatic heterocycles. The second-order valence-corrected chi connectivity index (χ2v) is 8.66. The lowest BCUT2D eigenvalue weighted by molar-refractivity contribution is -0.144. The first-order chi connectivity index (χ1) is 13.0. The molecule has 7 heteroatoms. The topological polar surface area (TPSA) is 56.3 Å². The minimum Gasteiger partial charge on any atom is -0.383 e. The van der Waals surface area contributed by atoms with E-state index in [0.717, 1.165) is 71.5 Å². The van der Waals surface area contributed by atoms with Crippen LogP contribution in [0.15, 0.2) is 0 Å². The Kier molecular flexibility index (Phi) is 7.11. The highest BCUT2D eigenvalue weighted by molar-refractivity contribution is 5.79. The minimum atomic E-state index is 0.0779. The number of hydrogen-bond acceptors (Lipinski definition) is 5. The zero-order valence-corrected chi connectivity index (χ0v) is 17.1. The number of methoxy groups -OCH3 is 1. The van der Waals surface area contributed by atoms with Gasteiger partial charge in [0.15, 0.2) is 0 Å². The first-order valence-corrected chi connectivity index (χ1v) is 10.5. The van der Waals surface area contributed by atoms with Gasteiger partial charge in [-0.2, -0.15) is 0 Å². The number of rotatable bonds is 5. The standard InChI is InChI=1S/C20H36N4O3/c1-21-8-4-9-22(12-11-21)15-19(26)23-10-3-6-20(16-23)7-5-18(25)24(17-20)13-14-27-2/h3-17H2,1-2H3. The molecule has 3 fully saturated rings. The van der Waals surface area contributed by atoms with Crippen LogP contribution in [0.5, 0.6) is 0 Å². The fourth-order valence-electron chi connectivity index (χ4n) is 4.81. The summed E-state index contributed by atoms with van der Waals surface area (Å²) >= 11 is 0. The van der Waals surface area contributed by atoms with Crippen molar-refractivity contribution in [2.24, 2.45) is 5.41 Å². The van der Waals surface area contributed by atoms with Gasteiger partial charge in [-0.15, -0.1) is 0 Å². The van der Waals surface area contributed by atoms with Crippen LogP contribution in [-0.4, -0.2) is 111 Å². The second kappa shape index (κ2) is 9.34. The Morgan fingerprint density at radius 3 is 2.74 bits per heavy atom. The van der Waals surface area contributed by atoms with Crippen molar-refractivity contribution in [3.63, 3.8) is 0 Å². The molecule has 0 aliphatic carbocycles. The summed E-state index contributed by atoms with van der Waals surface area (Å²) in [5.41, 5.74) is 0.0779. The van der Waals surface area contributed by atoms with Crippen molar-refractivity contribution >= 4 is 11.8 Å². The molecule has 1 atom stereocenters. The van der Waals surface area contributed by atoms with Gasteiger partial charge in [-0.1, -0.05) is 0 Å². The molecule has 3 aliphatic heterocycles. The van der Waals surface area contributed by atoms with Gasteiger partial charge in [0.2, 0.25) is 11.8 Å². The van der Waals surface area contributed by atoms with Gasteiger partial charge in [-0.3, -0.25) is 14.5 Å². The van der Waals surface area contributed by atoms with Crippen molar-refractivity contribution in [2.45, 2.75) is 32.1 Å². The summed E-state index contributed by atoms with van der Waals surface area (Å²) in [4.78, 5) is 33.9. The quantitative estimate of drug-likeness (QED) is 0.695. The minimum absolute atomic E-state index is 0.0779. The first-order valence-electron chi connectivity index (χ1n) is 10.5. The van der Waals surface area contributed by atoms with Gasteiger partial charge in [0.05, 0.1) is 13.2 Å². The maximum Gasteiger partial charge on any atom is 0.236 e. The predicted molar refractivity (Wildman–Crippen MR) is 104 cm³/mol. The highest BCUT2D eigenvalue weighted by Gasteiger charge is 2.42. The van der Waals surface area contributed by atoms with E-state index in [2.05, 4.69) is 21.7 Å². The maximum atomic E-state index is 13.0. The highest BCUT2D eigenvalue weighted by atomic mass is 16.5. The molecule has 0 bridgehead atoms. The number of likely N-dealkylation sites (tertiary alicyclic amines) is 2. The summed E-state index contributed by atoms with van der Waals surface area (Å²) in [5, 5.41) is 0. The number of likely N-dealkylation sites (N-methyl/N-ethyl adjacent to an activating group) is 1. The molecule has 1 spiro atoms. The van der Waals surface area contributed by atoms with E-state index in [1.54, 1.807) is 7.11 Å². The van der Waals surface area contributed by atoms with Crippen LogP contribution >= 0.6 is 0 Å².